The average molecular weight is 385 g/mol. The van der Waals surface area contributed by atoms with Crippen LogP contribution in [0.4, 0.5) is 23.7 Å². The molecule has 0 bridgehead atoms. The lowest BCUT2D eigenvalue weighted by Crippen LogP contribution is -2.47. The van der Waals surface area contributed by atoms with Gasteiger partial charge in [0.15, 0.2) is 0 Å². The summed E-state index contributed by atoms with van der Waals surface area (Å²) in [6.07, 6.45) is -2.27. The van der Waals surface area contributed by atoms with Gasteiger partial charge in [0, 0.05) is 5.69 Å². The molecule has 2 N–H and O–H groups in total. The van der Waals surface area contributed by atoms with E-state index in [-0.39, 0.29) is 5.69 Å². The smallest absolute Gasteiger partial charge is 0.325 e. The number of halogens is 3. The second-order valence-electron chi connectivity index (χ2n) is 6.53. The van der Waals surface area contributed by atoms with Crippen LogP contribution in [0.15, 0.2) is 24.3 Å². The molecular weight excluding hydrogens is 363 g/mol. The van der Waals surface area contributed by atoms with Crippen molar-refractivity contribution in [2.75, 3.05) is 11.9 Å². The molecule has 1 fully saturated rings. The Bertz CT molecular complexity index is 728. The van der Waals surface area contributed by atoms with Crippen molar-refractivity contribution < 1.29 is 27.6 Å². The second kappa shape index (κ2) is 7.98. The molecule has 1 aromatic carbocycles. The quantitative estimate of drug-likeness (QED) is 0.705. The predicted molar refractivity (Wildman–Crippen MR) is 92.9 cm³/mol. The van der Waals surface area contributed by atoms with E-state index >= 15 is 0 Å². The minimum Gasteiger partial charge on any atom is -0.325 e. The van der Waals surface area contributed by atoms with Gasteiger partial charge in [-0.1, -0.05) is 32.8 Å². The molecule has 0 atom stereocenters. The first-order valence-corrected chi connectivity index (χ1v) is 8.74. The van der Waals surface area contributed by atoms with Crippen molar-refractivity contribution in [1.29, 1.82) is 0 Å². The van der Waals surface area contributed by atoms with Crippen molar-refractivity contribution >= 4 is 23.5 Å². The maximum Gasteiger partial charge on any atom is 0.416 e. The number of imide groups is 1. The highest BCUT2D eigenvalue weighted by Gasteiger charge is 2.50. The van der Waals surface area contributed by atoms with E-state index in [4.69, 9.17) is 0 Å². The first-order valence-electron chi connectivity index (χ1n) is 8.74. The van der Waals surface area contributed by atoms with Crippen LogP contribution in [0.25, 0.3) is 0 Å². The van der Waals surface area contributed by atoms with E-state index in [0.29, 0.717) is 25.7 Å². The highest BCUT2D eigenvalue weighted by Crippen LogP contribution is 2.31. The molecule has 27 heavy (non-hydrogen) atoms. The normalized spacial score (nSPS) is 16.4. The molecule has 0 radical (unpaired) electrons. The molecule has 1 aliphatic heterocycles. The van der Waals surface area contributed by atoms with E-state index in [1.165, 1.54) is 12.1 Å². The Kier molecular flexibility index (Phi) is 6.12. The van der Waals surface area contributed by atoms with E-state index in [0.717, 1.165) is 17.0 Å². The Morgan fingerprint density at radius 3 is 2.37 bits per heavy atom. The van der Waals surface area contributed by atoms with Crippen LogP contribution in [0.3, 0.4) is 0 Å². The summed E-state index contributed by atoms with van der Waals surface area (Å²) in [5, 5.41) is 4.98. The Labute approximate surface area is 155 Å². The van der Waals surface area contributed by atoms with Gasteiger partial charge in [-0.3, -0.25) is 14.5 Å². The SMILES string of the molecule is CCCC1(CCC)NC(=O)N(CC(=O)Nc2cccc(C(F)(F)F)c2)C1=O. The number of carbonyl (C=O) groups is 3. The summed E-state index contributed by atoms with van der Waals surface area (Å²) < 4.78 is 38.2. The van der Waals surface area contributed by atoms with Gasteiger partial charge >= 0.3 is 12.2 Å². The van der Waals surface area contributed by atoms with Crippen molar-refractivity contribution in [3.63, 3.8) is 0 Å². The van der Waals surface area contributed by atoms with Gasteiger partial charge in [0.2, 0.25) is 5.91 Å². The summed E-state index contributed by atoms with van der Waals surface area (Å²) >= 11 is 0. The number of alkyl halides is 3. The number of benzene rings is 1. The number of carbonyl (C=O) groups excluding carboxylic acids is 3. The van der Waals surface area contributed by atoms with Crippen LogP contribution < -0.4 is 10.6 Å². The fourth-order valence-electron chi connectivity index (χ4n) is 3.25. The molecule has 1 heterocycles. The summed E-state index contributed by atoms with van der Waals surface area (Å²) in [5.74, 6) is -1.22. The number of urea groups is 1. The third kappa shape index (κ3) is 4.58. The van der Waals surface area contributed by atoms with Crippen LogP contribution in [-0.4, -0.2) is 34.8 Å². The minimum absolute atomic E-state index is 0.0599. The first-order chi connectivity index (χ1) is 12.6. The van der Waals surface area contributed by atoms with Crippen molar-refractivity contribution in [2.45, 2.75) is 51.2 Å². The lowest BCUT2D eigenvalue weighted by Gasteiger charge is -2.25. The molecule has 6 nitrogen and oxygen atoms in total. The Morgan fingerprint density at radius 1 is 1.19 bits per heavy atom. The number of anilines is 1. The van der Waals surface area contributed by atoms with E-state index in [2.05, 4.69) is 10.6 Å². The average Bonchev–Trinajstić information content (AvgIpc) is 2.79. The molecule has 0 aliphatic carbocycles. The topological polar surface area (TPSA) is 78.5 Å². The van der Waals surface area contributed by atoms with Crippen LogP contribution in [0.1, 0.15) is 45.1 Å². The zero-order chi connectivity index (χ0) is 20.2. The highest BCUT2D eigenvalue weighted by atomic mass is 19.4. The monoisotopic (exact) mass is 385 g/mol. The van der Waals surface area contributed by atoms with Gasteiger partial charge in [-0.15, -0.1) is 0 Å². The standard InChI is InChI=1S/C18H22F3N3O3/c1-3-8-17(9-4-2)15(26)24(16(27)23-17)11-14(25)22-13-7-5-6-12(10-13)18(19,20)21/h5-7,10H,3-4,8-9,11H2,1-2H3,(H,22,25)(H,23,27). The number of rotatable bonds is 7. The Balaban J connectivity index is 2.09. The number of hydrogen-bond acceptors (Lipinski definition) is 3. The van der Waals surface area contributed by atoms with Crippen molar-refractivity contribution in [1.82, 2.24) is 10.2 Å². The zero-order valence-corrected chi connectivity index (χ0v) is 15.2. The lowest BCUT2D eigenvalue weighted by molar-refractivity contribution is -0.137. The van der Waals surface area contributed by atoms with Crippen LogP contribution in [0.5, 0.6) is 0 Å². The van der Waals surface area contributed by atoms with Gasteiger partial charge < -0.3 is 10.6 Å². The molecule has 1 saturated heterocycles. The highest BCUT2D eigenvalue weighted by molar-refractivity contribution is 6.10. The third-order valence-electron chi connectivity index (χ3n) is 4.37. The molecule has 1 aromatic rings. The van der Waals surface area contributed by atoms with Gasteiger partial charge in [-0.2, -0.15) is 13.2 Å². The lowest BCUT2D eigenvalue weighted by atomic mass is 9.88. The molecule has 0 saturated carbocycles. The maximum atomic E-state index is 12.7. The summed E-state index contributed by atoms with van der Waals surface area (Å²) in [6, 6.07) is 3.48. The summed E-state index contributed by atoms with van der Waals surface area (Å²) in [7, 11) is 0. The first kappa shape index (κ1) is 20.7. The van der Waals surface area contributed by atoms with E-state index in [1.807, 2.05) is 13.8 Å². The number of amides is 4. The molecule has 0 unspecified atom stereocenters. The Hall–Kier alpha value is -2.58. The molecule has 0 aromatic heterocycles. The summed E-state index contributed by atoms with van der Waals surface area (Å²) in [5.41, 5.74) is -1.98. The van der Waals surface area contributed by atoms with Crippen LogP contribution >= 0.6 is 0 Å². The zero-order valence-electron chi connectivity index (χ0n) is 15.2. The molecule has 4 amide bonds. The van der Waals surface area contributed by atoms with E-state index < -0.39 is 41.7 Å². The number of nitrogens with one attached hydrogen (secondary N) is 2. The van der Waals surface area contributed by atoms with Crippen LogP contribution in [0.2, 0.25) is 0 Å². The Morgan fingerprint density at radius 2 is 1.81 bits per heavy atom. The van der Waals surface area contributed by atoms with Crippen LogP contribution in [0, 0.1) is 0 Å². The fourth-order valence-corrected chi connectivity index (χ4v) is 3.25. The van der Waals surface area contributed by atoms with Crippen LogP contribution in [-0.2, 0) is 15.8 Å². The molecule has 0 spiro atoms. The maximum absolute atomic E-state index is 12.7. The van der Waals surface area contributed by atoms with Gasteiger partial charge in [0.05, 0.1) is 5.56 Å². The van der Waals surface area contributed by atoms with Gasteiger partial charge in [0.1, 0.15) is 12.1 Å². The number of nitrogens with zero attached hydrogens (tertiary/aromatic N) is 1. The van der Waals surface area contributed by atoms with Gasteiger partial charge in [-0.05, 0) is 31.0 Å². The molecule has 9 heteroatoms. The van der Waals surface area contributed by atoms with E-state index in [1.54, 1.807) is 0 Å². The molecule has 148 valence electrons. The molecule has 2 rings (SSSR count). The second-order valence-corrected chi connectivity index (χ2v) is 6.53. The van der Waals surface area contributed by atoms with Crippen molar-refractivity contribution in [2.24, 2.45) is 0 Å². The fraction of sp³-hybridized carbons (Fsp3) is 0.500. The van der Waals surface area contributed by atoms with Crippen molar-refractivity contribution in [3.8, 4) is 0 Å². The van der Waals surface area contributed by atoms with E-state index in [9.17, 15) is 27.6 Å². The molecular formula is C18H22F3N3O3. The predicted octanol–water partition coefficient (Wildman–Crippen LogP) is 3.53. The molecule has 1 aliphatic rings. The summed E-state index contributed by atoms with van der Waals surface area (Å²) in [4.78, 5) is 37.9. The third-order valence-corrected chi connectivity index (χ3v) is 4.37. The van der Waals surface area contributed by atoms with Gasteiger partial charge in [-0.25, -0.2) is 4.79 Å². The van der Waals surface area contributed by atoms with Gasteiger partial charge in [0.25, 0.3) is 5.91 Å². The minimum atomic E-state index is -4.54. The summed E-state index contributed by atoms with van der Waals surface area (Å²) in [6.45, 7) is 3.22. The van der Waals surface area contributed by atoms with Crippen molar-refractivity contribution in [3.05, 3.63) is 29.8 Å². The largest absolute Gasteiger partial charge is 0.416 e. The number of hydrogen-bond donors (Lipinski definition) is 2.